The Morgan fingerprint density at radius 3 is 2.58 bits per heavy atom. The van der Waals surface area contributed by atoms with E-state index in [1.807, 2.05) is 0 Å². The first-order valence-electron chi connectivity index (χ1n) is 6.71. The molecule has 2 aliphatic heterocycles. The lowest BCUT2D eigenvalue weighted by atomic mass is 10.0. The van der Waals surface area contributed by atoms with Gasteiger partial charge in [0.2, 0.25) is 10.0 Å². The van der Waals surface area contributed by atoms with Crippen molar-refractivity contribution in [3.8, 4) is 0 Å². The normalized spacial score (nSPS) is 30.7. The molecule has 2 bridgehead atoms. The van der Waals surface area contributed by atoms with E-state index in [0.717, 1.165) is 12.8 Å². The number of nitrogens with zero attached hydrogens (tertiary/aromatic N) is 2. The standard InChI is InChI=1S/C13H19N3O2S/c1-16(12-7-10-4-5-11(8-12)15-10)19(17,18)13-3-2-6-14-9-13/h2-3,6,9-12,15H,4-5,7-8H2,1H3. The van der Waals surface area contributed by atoms with Crippen molar-refractivity contribution in [1.29, 1.82) is 0 Å². The Kier molecular flexibility index (Phi) is 3.32. The van der Waals surface area contributed by atoms with Gasteiger partial charge in [0.15, 0.2) is 0 Å². The molecule has 104 valence electrons. The number of rotatable bonds is 3. The molecular formula is C13H19N3O2S. The molecule has 0 radical (unpaired) electrons. The van der Waals surface area contributed by atoms with Crippen molar-refractivity contribution in [3.05, 3.63) is 24.5 Å². The van der Waals surface area contributed by atoms with Crippen LogP contribution < -0.4 is 5.32 Å². The van der Waals surface area contributed by atoms with Gasteiger partial charge in [-0.15, -0.1) is 0 Å². The number of hydrogen-bond acceptors (Lipinski definition) is 4. The molecule has 1 aromatic rings. The second kappa shape index (κ2) is 4.85. The van der Waals surface area contributed by atoms with Crippen LogP contribution in [0.15, 0.2) is 29.4 Å². The summed E-state index contributed by atoms with van der Waals surface area (Å²) < 4.78 is 26.6. The number of piperidine rings is 1. The number of pyridine rings is 1. The summed E-state index contributed by atoms with van der Waals surface area (Å²) in [7, 11) is -1.72. The van der Waals surface area contributed by atoms with Crippen LogP contribution in [-0.4, -0.2) is 42.9 Å². The lowest BCUT2D eigenvalue weighted by Gasteiger charge is -2.34. The van der Waals surface area contributed by atoms with Crippen LogP contribution in [-0.2, 0) is 10.0 Å². The number of sulfonamides is 1. The molecular weight excluding hydrogens is 262 g/mol. The smallest absolute Gasteiger partial charge is 0.244 e. The highest BCUT2D eigenvalue weighted by atomic mass is 32.2. The fourth-order valence-corrected chi connectivity index (χ4v) is 4.53. The molecule has 2 saturated heterocycles. The van der Waals surface area contributed by atoms with E-state index in [1.54, 1.807) is 25.4 Å². The minimum atomic E-state index is -3.41. The number of fused-ring (bicyclic) bond motifs is 2. The summed E-state index contributed by atoms with van der Waals surface area (Å²) in [4.78, 5) is 4.18. The van der Waals surface area contributed by atoms with E-state index < -0.39 is 10.0 Å². The third-order valence-corrected chi connectivity index (χ3v) is 6.17. The van der Waals surface area contributed by atoms with Gasteiger partial charge in [-0.25, -0.2) is 8.42 Å². The van der Waals surface area contributed by atoms with Crippen molar-refractivity contribution < 1.29 is 8.42 Å². The van der Waals surface area contributed by atoms with Gasteiger partial charge in [0.05, 0.1) is 0 Å². The molecule has 0 aromatic carbocycles. The minimum absolute atomic E-state index is 0.101. The number of nitrogens with one attached hydrogen (secondary N) is 1. The summed E-state index contributed by atoms with van der Waals surface area (Å²) >= 11 is 0. The van der Waals surface area contributed by atoms with Crippen molar-refractivity contribution in [2.75, 3.05) is 7.05 Å². The van der Waals surface area contributed by atoms with E-state index in [2.05, 4.69) is 10.3 Å². The van der Waals surface area contributed by atoms with Crippen LogP contribution in [0.25, 0.3) is 0 Å². The van der Waals surface area contributed by atoms with E-state index in [1.165, 1.54) is 23.3 Å². The Hall–Kier alpha value is -0.980. The van der Waals surface area contributed by atoms with Gasteiger partial charge >= 0.3 is 0 Å². The van der Waals surface area contributed by atoms with E-state index in [-0.39, 0.29) is 10.9 Å². The molecule has 1 aromatic heterocycles. The van der Waals surface area contributed by atoms with Crippen LogP contribution in [0.1, 0.15) is 25.7 Å². The molecule has 2 unspecified atom stereocenters. The zero-order chi connectivity index (χ0) is 13.5. The maximum Gasteiger partial charge on any atom is 0.244 e. The molecule has 0 spiro atoms. The van der Waals surface area contributed by atoms with Gasteiger partial charge in [0, 0.05) is 37.6 Å². The topological polar surface area (TPSA) is 62.3 Å². The van der Waals surface area contributed by atoms with E-state index in [4.69, 9.17) is 0 Å². The highest BCUT2D eigenvalue weighted by molar-refractivity contribution is 7.89. The molecule has 0 saturated carbocycles. The van der Waals surface area contributed by atoms with Crippen molar-refractivity contribution in [2.24, 2.45) is 0 Å². The summed E-state index contributed by atoms with van der Waals surface area (Å²) in [5, 5.41) is 3.53. The molecule has 1 N–H and O–H groups in total. The first kappa shape index (κ1) is 13.0. The maximum atomic E-state index is 12.5. The van der Waals surface area contributed by atoms with Gasteiger partial charge in [-0.3, -0.25) is 4.98 Å². The van der Waals surface area contributed by atoms with Crippen molar-refractivity contribution in [2.45, 2.75) is 48.7 Å². The average molecular weight is 281 g/mol. The van der Waals surface area contributed by atoms with Crippen LogP contribution in [0, 0.1) is 0 Å². The second-order valence-corrected chi connectivity index (χ2v) is 7.47. The lowest BCUT2D eigenvalue weighted by Crippen LogP contribution is -2.48. The first-order chi connectivity index (χ1) is 9.07. The van der Waals surface area contributed by atoms with Crippen LogP contribution >= 0.6 is 0 Å². The molecule has 2 fully saturated rings. The SMILES string of the molecule is CN(C1CC2CCC(C1)N2)S(=O)(=O)c1cccnc1. The predicted octanol–water partition coefficient (Wildman–Crippen LogP) is 0.985. The largest absolute Gasteiger partial charge is 0.311 e. The number of hydrogen-bond donors (Lipinski definition) is 1. The van der Waals surface area contributed by atoms with Gasteiger partial charge in [-0.2, -0.15) is 4.31 Å². The van der Waals surface area contributed by atoms with Gasteiger partial charge in [0.1, 0.15) is 4.90 Å². The predicted molar refractivity (Wildman–Crippen MR) is 72.2 cm³/mol. The molecule has 6 heteroatoms. The maximum absolute atomic E-state index is 12.5. The molecule has 3 rings (SSSR count). The highest BCUT2D eigenvalue weighted by Crippen LogP contribution is 2.31. The van der Waals surface area contributed by atoms with Crippen LogP contribution in [0.2, 0.25) is 0 Å². The third kappa shape index (κ3) is 2.40. The zero-order valence-corrected chi connectivity index (χ0v) is 11.8. The molecule has 0 aliphatic carbocycles. The van der Waals surface area contributed by atoms with Crippen LogP contribution in [0.4, 0.5) is 0 Å². The fraction of sp³-hybridized carbons (Fsp3) is 0.615. The van der Waals surface area contributed by atoms with E-state index in [9.17, 15) is 8.42 Å². The second-order valence-electron chi connectivity index (χ2n) is 5.47. The molecule has 19 heavy (non-hydrogen) atoms. The summed E-state index contributed by atoms with van der Waals surface area (Å²) in [6, 6.07) is 4.33. The molecule has 3 heterocycles. The van der Waals surface area contributed by atoms with Crippen molar-refractivity contribution in [1.82, 2.24) is 14.6 Å². The highest BCUT2D eigenvalue weighted by Gasteiger charge is 2.38. The molecule has 2 atom stereocenters. The molecule has 0 amide bonds. The summed E-state index contributed by atoms with van der Waals surface area (Å²) in [6.45, 7) is 0. The molecule has 5 nitrogen and oxygen atoms in total. The first-order valence-corrected chi connectivity index (χ1v) is 8.15. The average Bonchev–Trinajstić information content (AvgIpc) is 2.77. The van der Waals surface area contributed by atoms with Crippen LogP contribution in [0.5, 0.6) is 0 Å². The van der Waals surface area contributed by atoms with Gasteiger partial charge in [-0.05, 0) is 37.8 Å². The molecule has 2 aliphatic rings. The fourth-order valence-electron chi connectivity index (χ4n) is 3.19. The van der Waals surface area contributed by atoms with Crippen molar-refractivity contribution >= 4 is 10.0 Å². The lowest BCUT2D eigenvalue weighted by molar-refractivity contribution is 0.251. The Balaban J connectivity index is 1.82. The Morgan fingerprint density at radius 2 is 2.00 bits per heavy atom. The monoisotopic (exact) mass is 281 g/mol. The van der Waals surface area contributed by atoms with E-state index >= 15 is 0 Å². The third-order valence-electron chi connectivity index (χ3n) is 4.27. The number of aromatic nitrogens is 1. The van der Waals surface area contributed by atoms with Crippen molar-refractivity contribution in [3.63, 3.8) is 0 Å². The van der Waals surface area contributed by atoms with Crippen LogP contribution in [0.3, 0.4) is 0 Å². The Labute approximate surface area is 114 Å². The zero-order valence-electron chi connectivity index (χ0n) is 11.0. The Bertz CT molecular complexity index is 534. The summed E-state index contributed by atoms with van der Waals surface area (Å²) in [5.41, 5.74) is 0. The van der Waals surface area contributed by atoms with Gasteiger partial charge < -0.3 is 5.32 Å². The quantitative estimate of drug-likeness (QED) is 0.897. The Morgan fingerprint density at radius 1 is 1.32 bits per heavy atom. The van der Waals surface area contributed by atoms with Gasteiger partial charge in [-0.1, -0.05) is 0 Å². The minimum Gasteiger partial charge on any atom is -0.311 e. The summed E-state index contributed by atoms with van der Waals surface area (Å²) in [6.07, 6.45) is 7.16. The van der Waals surface area contributed by atoms with Gasteiger partial charge in [0.25, 0.3) is 0 Å². The summed E-state index contributed by atoms with van der Waals surface area (Å²) in [5.74, 6) is 0. The van der Waals surface area contributed by atoms with E-state index in [0.29, 0.717) is 12.1 Å².